The SMILES string of the molecule is CCNC(=O)[C@H](Cc1ccccc1)N(Cc1cccc(Br)c1)C(=O)COc1ccccc1F. The number of nitrogens with zero attached hydrogens (tertiary/aromatic N) is 1. The fraction of sp³-hybridized carbons (Fsp3) is 0.231. The van der Waals surface area contributed by atoms with Gasteiger partial charge in [0.1, 0.15) is 6.04 Å². The molecule has 0 radical (unpaired) electrons. The zero-order valence-electron chi connectivity index (χ0n) is 18.3. The molecule has 3 aromatic carbocycles. The molecule has 0 aliphatic rings. The van der Waals surface area contributed by atoms with Crippen LogP contribution in [-0.4, -0.2) is 35.9 Å². The van der Waals surface area contributed by atoms with Crippen molar-refractivity contribution in [1.82, 2.24) is 10.2 Å². The third-order valence-corrected chi connectivity index (χ3v) is 5.55. The number of nitrogens with one attached hydrogen (secondary N) is 1. The van der Waals surface area contributed by atoms with Gasteiger partial charge in [-0.3, -0.25) is 9.59 Å². The Morgan fingerprint density at radius 3 is 2.39 bits per heavy atom. The highest BCUT2D eigenvalue weighted by atomic mass is 79.9. The van der Waals surface area contributed by atoms with Crippen LogP contribution in [0.2, 0.25) is 0 Å². The van der Waals surface area contributed by atoms with E-state index in [4.69, 9.17) is 4.74 Å². The first-order chi connectivity index (χ1) is 16.0. The number of carbonyl (C=O) groups is 2. The van der Waals surface area contributed by atoms with Crippen LogP contribution in [0.25, 0.3) is 0 Å². The highest BCUT2D eigenvalue weighted by Crippen LogP contribution is 2.19. The molecule has 3 aromatic rings. The van der Waals surface area contributed by atoms with Crippen molar-refractivity contribution in [3.63, 3.8) is 0 Å². The van der Waals surface area contributed by atoms with Gasteiger partial charge in [0.25, 0.3) is 5.91 Å². The quantitative estimate of drug-likeness (QED) is 0.426. The van der Waals surface area contributed by atoms with E-state index >= 15 is 0 Å². The van der Waals surface area contributed by atoms with Gasteiger partial charge in [-0.1, -0.05) is 70.5 Å². The van der Waals surface area contributed by atoms with E-state index in [1.807, 2.05) is 61.5 Å². The molecule has 7 heteroatoms. The largest absolute Gasteiger partial charge is 0.481 e. The maximum atomic E-state index is 14.0. The average molecular weight is 513 g/mol. The predicted octanol–water partition coefficient (Wildman–Crippen LogP) is 4.74. The van der Waals surface area contributed by atoms with Crippen LogP contribution in [0.1, 0.15) is 18.1 Å². The standard InChI is InChI=1S/C26H26BrFN2O3/c1-2-29-26(32)23(16-19-9-4-3-5-10-19)30(17-20-11-8-12-21(27)15-20)25(31)18-33-24-14-7-6-13-22(24)28/h3-15,23H,2,16-18H2,1H3,(H,29,32)/t23-/m0/s1. The van der Waals surface area contributed by atoms with Gasteiger partial charge in [-0.05, 0) is 42.3 Å². The summed E-state index contributed by atoms with van der Waals surface area (Å²) >= 11 is 3.45. The summed E-state index contributed by atoms with van der Waals surface area (Å²) in [7, 11) is 0. The number of hydrogen-bond acceptors (Lipinski definition) is 3. The number of ether oxygens (including phenoxy) is 1. The van der Waals surface area contributed by atoms with Crippen molar-refractivity contribution in [1.29, 1.82) is 0 Å². The molecule has 0 saturated carbocycles. The lowest BCUT2D eigenvalue weighted by Crippen LogP contribution is -2.51. The number of likely N-dealkylation sites (N-methyl/N-ethyl adjacent to an activating group) is 1. The molecule has 5 nitrogen and oxygen atoms in total. The van der Waals surface area contributed by atoms with Gasteiger partial charge >= 0.3 is 0 Å². The summed E-state index contributed by atoms with van der Waals surface area (Å²) in [5, 5.41) is 2.84. The highest BCUT2D eigenvalue weighted by molar-refractivity contribution is 9.10. The van der Waals surface area contributed by atoms with E-state index in [-0.39, 0.29) is 24.8 Å². The smallest absolute Gasteiger partial charge is 0.261 e. The number of rotatable bonds is 10. The molecule has 0 aliphatic carbocycles. The minimum Gasteiger partial charge on any atom is -0.481 e. The van der Waals surface area contributed by atoms with Gasteiger partial charge in [-0.25, -0.2) is 4.39 Å². The van der Waals surface area contributed by atoms with Crippen LogP contribution >= 0.6 is 15.9 Å². The Labute approximate surface area is 201 Å². The van der Waals surface area contributed by atoms with E-state index in [0.29, 0.717) is 13.0 Å². The summed E-state index contributed by atoms with van der Waals surface area (Å²) < 4.78 is 20.3. The van der Waals surface area contributed by atoms with E-state index in [0.717, 1.165) is 15.6 Å². The van der Waals surface area contributed by atoms with Crippen molar-refractivity contribution in [3.05, 3.63) is 100 Å². The number of carbonyl (C=O) groups excluding carboxylic acids is 2. The van der Waals surface area contributed by atoms with Gasteiger partial charge in [-0.2, -0.15) is 0 Å². The number of para-hydroxylation sites is 1. The highest BCUT2D eigenvalue weighted by Gasteiger charge is 2.30. The third-order valence-electron chi connectivity index (χ3n) is 5.05. The molecule has 0 aliphatic heterocycles. The zero-order chi connectivity index (χ0) is 23.6. The molecular formula is C26H26BrFN2O3. The second-order valence-corrected chi connectivity index (χ2v) is 8.39. The van der Waals surface area contributed by atoms with Crippen molar-refractivity contribution in [2.24, 2.45) is 0 Å². The van der Waals surface area contributed by atoms with Crippen molar-refractivity contribution >= 4 is 27.7 Å². The number of amides is 2. The maximum absolute atomic E-state index is 14.0. The predicted molar refractivity (Wildman–Crippen MR) is 129 cm³/mol. The van der Waals surface area contributed by atoms with E-state index < -0.39 is 17.8 Å². The van der Waals surface area contributed by atoms with Crippen molar-refractivity contribution < 1.29 is 18.7 Å². The summed E-state index contributed by atoms with van der Waals surface area (Å²) in [6.45, 7) is 2.08. The summed E-state index contributed by atoms with van der Waals surface area (Å²) in [4.78, 5) is 27.9. The molecule has 1 N–H and O–H groups in total. The van der Waals surface area contributed by atoms with Crippen LogP contribution in [0.15, 0.2) is 83.3 Å². The molecule has 0 saturated heterocycles. The van der Waals surface area contributed by atoms with Gasteiger partial charge in [-0.15, -0.1) is 0 Å². The van der Waals surface area contributed by atoms with Gasteiger partial charge in [0.05, 0.1) is 0 Å². The third kappa shape index (κ3) is 7.15. The van der Waals surface area contributed by atoms with Crippen LogP contribution < -0.4 is 10.1 Å². The lowest BCUT2D eigenvalue weighted by atomic mass is 10.0. The van der Waals surface area contributed by atoms with Gasteiger partial charge in [0.15, 0.2) is 18.2 Å². The zero-order valence-corrected chi connectivity index (χ0v) is 19.9. The molecule has 0 fully saturated rings. The van der Waals surface area contributed by atoms with Gasteiger partial charge in [0, 0.05) is 24.0 Å². The topological polar surface area (TPSA) is 58.6 Å². The first-order valence-corrected chi connectivity index (χ1v) is 11.5. The summed E-state index contributed by atoms with van der Waals surface area (Å²) in [6.07, 6.45) is 0.339. The van der Waals surface area contributed by atoms with Gasteiger partial charge < -0.3 is 15.0 Å². The Kier molecular flexibility index (Phi) is 9.01. The Hall–Kier alpha value is -3.19. The fourth-order valence-corrected chi connectivity index (χ4v) is 3.91. The van der Waals surface area contributed by atoms with Crippen molar-refractivity contribution in [3.8, 4) is 5.75 Å². The molecule has 33 heavy (non-hydrogen) atoms. The van der Waals surface area contributed by atoms with Crippen LogP contribution in [-0.2, 0) is 22.6 Å². The molecule has 0 aromatic heterocycles. The van der Waals surface area contributed by atoms with E-state index in [1.54, 1.807) is 12.1 Å². The average Bonchev–Trinajstić information content (AvgIpc) is 2.81. The lowest BCUT2D eigenvalue weighted by molar-refractivity contribution is -0.142. The molecule has 172 valence electrons. The van der Waals surface area contributed by atoms with E-state index in [2.05, 4.69) is 21.2 Å². The molecule has 0 unspecified atom stereocenters. The van der Waals surface area contributed by atoms with Crippen LogP contribution in [0, 0.1) is 5.82 Å². The van der Waals surface area contributed by atoms with Crippen molar-refractivity contribution in [2.75, 3.05) is 13.2 Å². The first kappa shape index (κ1) is 24.5. The van der Waals surface area contributed by atoms with Crippen LogP contribution in [0.5, 0.6) is 5.75 Å². The van der Waals surface area contributed by atoms with Crippen LogP contribution in [0.3, 0.4) is 0 Å². The molecule has 1 atom stereocenters. The normalized spacial score (nSPS) is 11.5. The molecule has 2 amide bonds. The van der Waals surface area contributed by atoms with Crippen molar-refractivity contribution in [2.45, 2.75) is 25.9 Å². The van der Waals surface area contributed by atoms with Gasteiger partial charge in [0.2, 0.25) is 5.91 Å². The Bertz CT molecular complexity index is 1080. The summed E-state index contributed by atoms with van der Waals surface area (Å²) in [5.74, 6) is -1.22. The van der Waals surface area contributed by atoms with E-state index in [9.17, 15) is 14.0 Å². The monoisotopic (exact) mass is 512 g/mol. The molecule has 0 spiro atoms. The fourth-order valence-electron chi connectivity index (χ4n) is 3.46. The first-order valence-electron chi connectivity index (χ1n) is 10.7. The second-order valence-electron chi connectivity index (χ2n) is 7.47. The molecule has 0 bridgehead atoms. The maximum Gasteiger partial charge on any atom is 0.261 e. The molecule has 3 rings (SSSR count). The minimum atomic E-state index is -0.761. The lowest BCUT2D eigenvalue weighted by Gasteiger charge is -2.31. The van der Waals surface area contributed by atoms with E-state index in [1.165, 1.54) is 17.0 Å². The minimum absolute atomic E-state index is 0.00845. The Morgan fingerprint density at radius 2 is 1.70 bits per heavy atom. The van der Waals surface area contributed by atoms with Crippen LogP contribution in [0.4, 0.5) is 4.39 Å². The second kappa shape index (κ2) is 12.2. The number of halogens is 2. The summed E-state index contributed by atoms with van der Waals surface area (Å²) in [6, 6.07) is 22.2. The molecular weight excluding hydrogens is 487 g/mol. The Balaban J connectivity index is 1.90. The Morgan fingerprint density at radius 1 is 1.00 bits per heavy atom. The summed E-state index contributed by atoms with van der Waals surface area (Å²) in [5.41, 5.74) is 1.78. The molecule has 0 heterocycles. The number of hydrogen-bond donors (Lipinski definition) is 1. The number of benzene rings is 3.